The molecule has 2 heterocycles. The maximum absolute atomic E-state index is 5.76. The van der Waals surface area contributed by atoms with E-state index in [1.165, 1.54) is 11.8 Å². The van der Waals surface area contributed by atoms with Crippen molar-refractivity contribution in [3.63, 3.8) is 0 Å². The van der Waals surface area contributed by atoms with Crippen LogP contribution in [0.5, 0.6) is 0 Å². The number of thioether (sulfide) groups is 1. The standard InChI is InChI=1S/C12H19IN4OSSi/c1-19-12-14-7-9-10(13)16-17(11(9)15-12)8-18-5-6-20(2,3)4/h7H,5-6,8H2,1-4H3. The van der Waals surface area contributed by atoms with Gasteiger partial charge in [-0.2, -0.15) is 5.10 Å². The minimum atomic E-state index is -1.04. The normalized spacial score (nSPS) is 12.2. The molecular weight excluding hydrogens is 403 g/mol. The fourth-order valence-electron chi connectivity index (χ4n) is 1.62. The number of hydrogen-bond acceptors (Lipinski definition) is 5. The largest absolute Gasteiger partial charge is 0.359 e. The molecule has 0 amide bonds. The number of hydrogen-bond donors (Lipinski definition) is 0. The third kappa shape index (κ3) is 4.15. The summed E-state index contributed by atoms with van der Waals surface area (Å²) in [5, 5.41) is 6.22. The molecule has 5 nitrogen and oxygen atoms in total. The van der Waals surface area contributed by atoms with Crippen molar-refractivity contribution in [2.75, 3.05) is 12.9 Å². The average Bonchev–Trinajstić information content (AvgIpc) is 2.70. The van der Waals surface area contributed by atoms with Crippen molar-refractivity contribution in [1.29, 1.82) is 0 Å². The van der Waals surface area contributed by atoms with Gasteiger partial charge in [-0.1, -0.05) is 31.4 Å². The van der Waals surface area contributed by atoms with E-state index in [2.05, 4.69) is 57.3 Å². The van der Waals surface area contributed by atoms with Crippen molar-refractivity contribution >= 4 is 53.5 Å². The number of rotatable bonds is 6. The molecule has 2 aromatic heterocycles. The van der Waals surface area contributed by atoms with Crippen LogP contribution in [-0.4, -0.2) is 40.7 Å². The molecule has 2 aromatic rings. The van der Waals surface area contributed by atoms with Gasteiger partial charge in [0.05, 0.1) is 5.39 Å². The van der Waals surface area contributed by atoms with Crippen molar-refractivity contribution in [3.8, 4) is 0 Å². The molecule has 0 bridgehead atoms. The zero-order chi connectivity index (χ0) is 14.8. The first-order valence-corrected chi connectivity index (χ1v) is 12.4. The van der Waals surface area contributed by atoms with Crippen molar-refractivity contribution in [3.05, 3.63) is 9.90 Å². The van der Waals surface area contributed by atoms with E-state index in [4.69, 9.17) is 4.74 Å². The second-order valence-electron chi connectivity index (χ2n) is 5.73. The Morgan fingerprint density at radius 1 is 1.40 bits per heavy atom. The van der Waals surface area contributed by atoms with Gasteiger partial charge in [-0.3, -0.25) is 0 Å². The summed E-state index contributed by atoms with van der Waals surface area (Å²) in [4.78, 5) is 8.80. The summed E-state index contributed by atoms with van der Waals surface area (Å²) in [6.07, 6.45) is 3.80. The first-order chi connectivity index (χ1) is 9.40. The Hall–Kier alpha value is -0.193. The molecule has 110 valence electrons. The Balaban J connectivity index is 2.09. The molecule has 0 aliphatic heterocycles. The quantitative estimate of drug-likeness (QED) is 0.235. The van der Waals surface area contributed by atoms with E-state index in [1.54, 1.807) is 0 Å². The number of fused-ring (bicyclic) bond motifs is 1. The van der Waals surface area contributed by atoms with Crippen LogP contribution in [0.4, 0.5) is 0 Å². The number of aromatic nitrogens is 4. The van der Waals surface area contributed by atoms with Crippen molar-refractivity contribution in [1.82, 2.24) is 19.7 Å². The number of ether oxygens (including phenoxy) is 1. The maximum atomic E-state index is 5.76. The van der Waals surface area contributed by atoms with Crippen LogP contribution >= 0.6 is 34.4 Å². The molecule has 2 rings (SSSR count). The van der Waals surface area contributed by atoms with E-state index in [0.29, 0.717) is 6.73 Å². The van der Waals surface area contributed by atoms with Gasteiger partial charge in [0.15, 0.2) is 10.8 Å². The highest BCUT2D eigenvalue weighted by atomic mass is 127. The summed E-state index contributed by atoms with van der Waals surface area (Å²) in [6.45, 7) is 8.28. The molecule has 0 fully saturated rings. The van der Waals surface area contributed by atoms with Crippen molar-refractivity contribution < 1.29 is 4.74 Å². The molecule has 0 unspecified atom stereocenters. The zero-order valence-corrected chi connectivity index (χ0v) is 16.2. The van der Waals surface area contributed by atoms with Crippen molar-refractivity contribution in [2.24, 2.45) is 0 Å². The molecule has 0 spiro atoms. The van der Waals surface area contributed by atoms with E-state index in [0.717, 1.165) is 32.5 Å². The minimum Gasteiger partial charge on any atom is -0.359 e. The first kappa shape index (κ1) is 16.2. The smallest absolute Gasteiger partial charge is 0.189 e. The molecule has 0 aliphatic carbocycles. The lowest BCUT2D eigenvalue weighted by atomic mass is 10.4. The van der Waals surface area contributed by atoms with Gasteiger partial charge in [0.2, 0.25) is 0 Å². The second-order valence-corrected chi connectivity index (χ2v) is 13.1. The Morgan fingerprint density at radius 3 is 2.80 bits per heavy atom. The van der Waals surface area contributed by atoms with Crippen LogP contribution in [0.25, 0.3) is 11.0 Å². The lowest BCUT2D eigenvalue weighted by Gasteiger charge is -2.15. The van der Waals surface area contributed by atoms with Crippen LogP contribution in [-0.2, 0) is 11.5 Å². The molecule has 0 atom stereocenters. The van der Waals surface area contributed by atoms with Gasteiger partial charge in [0.1, 0.15) is 10.4 Å². The molecule has 20 heavy (non-hydrogen) atoms. The van der Waals surface area contributed by atoms with Crippen LogP contribution in [0.3, 0.4) is 0 Å². The third-order valence-corrected chi connectivity index (χ3v) is 5.88. The minimum absolute atomic E-state index is 0.453. The molecule has 0 N–H and O–H groups in total. The average molecular weight is 422 g/mol. The fraction of sp³-hybridized carbons (Fsp3) is 0.583. The van der Waals surface area contributed by atoms with Gasteiger partial charge in [-0.05, 0) is 34.9 Å². The molecular formula is C12H19IN4OSSi. The topological polar surface area (TPSA) is 52.8 Å². The van der Waals surface area contributed by atoms with Gasteiger partial charge < -0.3 is 4.74 Å². The van der Waals surface area contributed by atoms with E-state index in [-0.39, 0.29) is 0 Å². The predicted molar refractivity (Wildman–Crippen MR) is 93.9 cm³/mol. The van der Waals surface area contributed by atoms with Gasteiger partial charge >= 0.3 is 0 Å². The van der Waals surface area contributed by atoms with E-state index in [1.807, 2.05) is 17.1 Å². The summed E-state index contributed by atoms with van der Waals surface area (Å²) in [5.74, 6) is 0. The van der Waals surface area contributed by atoms with E-state index in [9.17, 15) is 0 Å². The maximum Gasteiger partial charge on any atom is 0.189 e. The SMILES string of the molecule is CSc1ncc2c(I)nn(COCC[Si](C)(C)C)c2n1. The highest BCUT2D eigenvalue weighted by Gasteiger charge is 2.14. The summed E-state index contributed by atoms with van der Waals surface area (Å²) in [7, 11) is -1.04. The molecule has 0 aliphatic rings. The molecule has 0 radical (unpaired) electrons. The Kier molecular flexibility index (Phi) is 5.43. The van der Waals surface area contributed by atoms with Crippen LogP contribution in [0, 0.1) is 3.70 Å². The molecule has 8 heteroatoms. The Bertz CT molecular complexity index is 599. The summed E-state index contributed by atoms with van der Waals surface area (Å²) >= 11 is 3.74. The van der Waals surface area contributed by atoms with Crippen LogP contribution in [0.2, 0.25) is 25.7 Å². The second kappa shape index (κ2) is 6.71. The Labute approximate surface area is 138 Å². The van der Waals surface area contributed by atoms with Crippen molar-refractivity contribution in [2.45, 2.75) is 37.6 Å². The molecule has 0 saturated heterocycles. The van der Waals surface area contributed by atoms with Crippen LogP contribution < -0.4 is 0 Å². The summed E-state index contributed by atoms with van der Waals surface area (Å²) in [5.41, 5.74) is 0.849. The van der Waals surface area contributed by atoms with Gasteiger partial charge in [-0.25, -0.2) is 14.6 Å². The van der Waals surface area contributed by atoms with E-state index < -0.39 is 8.07 Å². The number of nitrogens with zero attached hydrogens (tertiary/aromatic N) is 4. The molecule has 0 aromatic carbocycles. The Morgan fingerprint density at radius 2 is 2.15 bits per heavy atom. The monoisotopic (exact) mass is 422 g/mol. The fourth-order valence-corrected chi connectivity index (χ4v) is 3.36. The first-order valence-electron chi connectivity index (χ1n) is 6.41. The summed E-state index contributed by atoms with van der Waals surface area (Å²) < 4.78 is 8.49. The van der Waals surface area contributed by atoms with Gasteiger partial charge in [-0.15, -0.1) is 0 Å². The highest BCUT2D eigenvalue weighted by Crippen LogP contribution is 2.20. The lowest BCUT2D eigenvalue weighted by molar-refractivity contribution is 0.0809. The zero-order valence-electron chi connectivity index (χ0n) is 12.2. The van der Waals surface area contributed by atoms with E-state index >= 15 is 0 Å². The molecule has 0 saturated carbocycles. The van der Waals surface area contributed by atoms with Crippen LogP contribution in [0.15, 0.2) is 11.4 Å². The lowest BCUT2D eigenvalue weighted by Crippen LogP contribution is -2.22. The highest BCUT2D eigenvalue weighted by molar-refractivity contribution is 14.1. The third-order valence-electron chi connectivity index (χ3n) is 2.81. The van der Waals surface area contributed by atoms with Gasteiger partial charge in [0, 0.05) is 20.9 Å². The van der Waals surface area contributed by atoms with Crippen LogP contribution in [0.1, 0.15) is 0 Å². The predicted octanol–water partition coefficient (Wildman–Crippen LogP) is 3.47. The summed E-state index contributed by atoms with van der Waals surface area (Å²) in [6, 6.07) is 1.16. The van der Waals surface area contributed by atoms with Gasteiger partial charge in [0.25, 0.3) is 0 Å². The number of halogens is 1.